The van der Waals surface area contributed by atoms with Gasteiger partial charge in [0, 0.05) is 6.42 Å². The number of hydrogen-bond acceptors (Lipinski definition) is 5. The lowest BCUT2D eigenvalue weighted by Crippen LogP contribution is -2.09. The minimum absolute atomic E-state index is 0.199. The van der Waals surface area contributed by atoms with E-state index in [9.17, 15) is 9.59 Å². The van der Waals surface area contributed by atoms with Crippen LogP contribution in [-0.4, -0.2) is 31.8 Å². The van der Waals surface area contributed by atoms with Crippen molar-refractivity contribution in [1.29, 1.82) is 0 Å². The van der Waals surface area contributed by atoms with Crippen molar-refractivity contribution >= 4 is 11.9 Å². The number of hydrogen-bond donors (Lipinski definition) is 0. The standard InChI is InChI=1S/C15H20O5/c1-3-18-13-9-7-12(8-10-13)15(17)20-11-5-6-14(16)19-4-2/h7-10H,3-6,11H2,1-2H3. The average Bonchev–Trinajstić information content (AvgIpc) is 2.45. The minimum Gasteiger partial charge on any atom is -0.494 e. The van der Waals surface area contributed by atoms with E-state index in [1.54, 1.807) is 31.2 Å². The van der Waals surface area contributed by atoms with E-state index < -0.39 is 5.97 Å². The van der Waals surface area contributed by atoms with Crippen LogP contribution in [0.15, 0.2) is 24.3 Å². The van der Waals surface area contributed by atoms with Gasteiger partial charge in [0.25, 0.3) is 0 Å². The Morgan fingerprint density at radius 3 is 2.30 bits per heavy atom. The Kier molecular flexibility index (Phi) is 7.17. The van der Waals surface area contributed by atoms with Crippen LogP contribution in [-0.2, 0) is 14.3 Å². The lowest BCUT2D eigenvalue weighted by atomic mass is 10.2. The molecule has 0 fully saturated rings. The van der Waals surface area contributed by atoms with Gasteiger partial charge in [-0.1, -0.05) is 0 Å². The molecule has 0 bridgehead atoms. The summed E-state index contributed by atoms with van der Waals surface area (Å²) in [5, 5.41) is 0. The molecule has 0 radical (unpaired) electrons. The van der Waals surface area contributed by atoms with Crippen LogP contribution in [0.25, 0.3) is 0 Å². The van der Waals surface area contributed by atoms with Crippen LogP contribution in [0.3, 0.4) is 0 Å². The largest absolute Gasteiger partial charge is 0.494 e. The highest BCUT2D eigenvalue weighted by molar-refractivity contribution is 5.89. The molecule has 1 aromatic carbocycles. The van der Waals surface area contributed by atoms with E-state index in [1.165, 1.54) is 0 Å². The van der Waals surface area contributed by atoms with Gasteiger partial charge in [-0.05, 0) is 44.5 Å². The SMILES string of the molecule is CCOC(=O)CCCOC(=O)c1ccc(OCC)cc1. The monoisotopic (exact) mass is 280 g/mol. The van der Waals surface area contributed by atoms with Gasteiger partial charge in [0.2, 0.25) is 0 Å². The van der Waals surface area contributed by atoms with Crippen molar-refractivity contribution in [3.63, 3.8) is 0 Å². The first-order valence-corrected chi connectivity index (χ1v) is 6.73. The molecule has 0 heterocycles. The van der Waals surface area contributed by atoms with Gasteiger partial charge in [0.05, 0.1) is 25.4 Å². The zero-order valence-electron chi connectivity index (χ0n) is 11.9. The van der Waals surface area contributed by atoms with Crippen LogP contribution in [0, 0.1) is 0 Å². The Morgan fingerprint density at radius 1 is 1.00 bits per heavy atom. The van der Waals surface area contributed by atoms with Crippen LogP contribution in [0.5, 0.6) is 5.75 Å². The van der Waals surface area contributed by atoms with E-state index >= 15 is 0 Å². The summed E-state index contributed by atoms with van der Waals surface area (Å²) >= 11 is 0. The molecular weight excluding hydrogens is 260 g/mol. The second-order valence-electron chi connectivity index (χ2n) is 4.00. The van der Waals surface area contributed by atoms with Crippen molar-refractivity contribution in [2.24, 2.45) is 0 Å². The molecule has 0 aromatic heterocycles. The predicted octanol–water partition coefficient (Wildman–Crippen LogP) is 2.59. The number of carbonyl (C=O) groups excluding carboxylic acids is 2. The molecule has 1 rings (SSSR count). The first-order valence-electron chi connectivity index (χ1n) is 6.73. The summed E-state index contributed by atoms with van der Waals surface area (Å²) in [4.78, 5) is 22.8. The average molecular weight is 280 g/mol. The number of esters is 2. The fourth-order valence-electron chi connectivity index (χ4n) is 1.55. The molecule has 5 nitrogen and oxygen atoms in total. The molecular formula is C15H20O5. The van der Waals surface area contributed by atoms with Crippen molar-refractivity contribution in [1.82, 2.24) is 0 Å². The van der Waals surface area contributed by atoms with E-state index in [1.807, 2.05) is 6.92 Å². The van der Waals surface area contributed by atoms with Gasteiger partial charge in [0.15, 0.2) is 0 Å². The Balaban J connectivity index is 2.30. The topological polar surface area (TPSA) is 61.8 Å². The summed E-state index contributed by atoms with van der Waals surface area (Å²) in [6.07, 6.45) is 0.714. The van der Waals surface area contributed by atoms with Crippen molar-refractivity contribution in [3.05, 3.63) is 29.8 Å². The lowest BCUT2D eigenvalue weighted by Gasteiger charge is -2.06. The maximum absolute atomic E-state index is 11.7. The molecule has 0 N–H and O–H groups in total. The summed E-state index contributed by atoms with van der Waals surface area (Å²) in [5.41, 5.74) is 0.463. The first-order chi connectivity index (χ1) is 9.67. The van der Waals surface area contributed by atoms with E-state index in [0.29, 0.717) is 30.9 Å². The molecule has 1 aromatic rings. The number of benzene rings is 1. The predicted molar refractivity (Wildman–Crippen MR) is 73.8 cm³/mol. The summed E-state index contributed by atoms with van der Waals surface area (Å²) in [7, 11) is 0. The summed E-state index contributed by atoms with van der Waals surface area (Å²) in [6.45, 7) is 4.79. The van der Waals surface area contributed by atoms with Crippen LogP contribution in [0.4, 0.5) is 0 Å². The van der Waals surface area contributed by atoms with Gasteiger partial charge < -0.3 is 14.2 Å². The molecule has 0 saturated carbocycles. The molecule has 0 saturated heterocycles. The summed E-state index contributed by atoms with van der Waals surface area (Å²) in [5.74, 6) is 0.0351. The third-order valence-corrected chi connectivity index (χ3v) is 2.46. The van der Waals surface area contributed by atoms with Crippen molar-refractivity contribution in [3.8, 4) is 5.75 Å². The van der Waals surface area contributed by atoms with Crippen LogP contribution < -0.4 is 4.74 Å². The summed E-state index contributed by atoms with van der Waals surface area (Å²) in [6, 6.07) is 6.74. The van der Waals surface area contributed by atoms with Crippen molar-refractivity contribution < 1.29 is 23.8 Å². The van der Waals surface area contributed by atoms with E-state index in [-0.39, 0.29) is 19.0 Å². The quantitative estimate of drug-likeness (QED) is 0.541. The zero-order chi connectivity index (χ0) is 14.8. The van der Waals surface area contributed by atoms with Gasteiger partial charge in [-0.3, -0.25) is 4.79 Å². The van der Waals surface area contributed by atoms with Crippen LogP contribution >= 0.6 is 0 Å². The normalized spacial score (nSPS) is 9.90. The number of carbonyl (C=O) groups is 2. The van der Waals surface area contributed by atoms with Gasteiger partial charge >= 0.3 is 11.9 Å². The maximum Gasteiger partial charge on any atom is 0.338 e. The summed E-state index contributed by atoms with van der Waals surface area (Å²) < 4.78 is 15.1. The molecule has 110 valence electrons. The highest BCUT2D eigenvalue weighted by Crippen LogP contribution is 2.13. The fourth-order valence-corrected chi connectivity index (χ4v) is 1.55. The third-order valence-electron chi connectivity index (χ3n) is 2.46. The molecule has 20 heavy (non-hydrogen) atoms. The fraction of sp³-hybridized carbons (Fsp3) is 0.467. The lowest BCUT2D eigenvalue weighted by molar-refractivity contribution is -0.143. The number of rotatable bonds is 8. The molecule has 0 atom stereocenters. The third kappa shape index (κ3) is 5.73. The van der Waals surface area contributed by atoms with Crippen LogP contribution in [0.1, 0.15) is 37.0 Å². The Morgan fingerprint density at radius 2 is 1.70 bits per heavy atom. The molecule has 0 amide bonds. The maximum atomic E-state index is 11.7. The second kappa shape index (κ2) is 8.96. The molecule has 0 aliphatic rings. The molecule has 0 aliphatic carbocycles. The van der Waals surface area contributed by atoms with Gasteiger partial charge in [-0.15, -0.1) is 0 Å². The number of ether oxygens (including phenoxy) is 3. The Bertz CT molecular complexity index is 424. The molecule has 0 aliphatic heterocycles. The van der Waals surface area contributed by atoms with E-state index in [4.69, 9.17) is 14.2 Å². The van der Waals surface area contributed by atoms with Gasteiger partial charge in [0.1, 0.15) is 5.75 Å². The Labute approximate surface area is 118 Å². The van der Waals surface area contributed by atoms with Crippen molar-refractivity contribution in [2.45, 2.75) is 26.7 Å². The van der Waals surface area contributed by atoms with Crippen molar-refractivity contribution in [2.75, 3.05) is 19.8 Å². The first kappa shape index (κ1) is 16.0. The molecule has 0 unspecified atom stereocenters. The second-order valence-corrected chi connectivity index (χ2v) is 4.00. The molecule has 0 spiro atoms. The van der Waals surface area contributed by atoms with E-state index in [2.05, 4.69) is 0 Å². The van der Waals surface area contributed by atoms with Crippen LogP contribution in [0.2, 0.25) is 0 Å². The molecule has 5 heteroatoms. The minimum atomic E-state index is -0.406. The van der Waals surface area contributed by atoms with Gasteiger partial charge in [-0.2, -0.15) is 0 Å². The highest BCUT2D eigenvalue weighted by Gasteiger charge is 2.08. The zero-order valence-corrected chi connectivity index (χ0v) is 11.9. The smallest absolute Gasteiger partial charge is 0.338 e. The van der Waals surface area contributed by atoms with Gasteiger partial charge in [-0.25, -0.2) is 4.79 Å². The highest BCUT2D eigenvalue weighted by atomic mass is 16.5. The Hall–Kier alpha value is -2.04. The van der Waals surface area contributed by atoms with E-state index in [0.717, 1.165) is 0 Å².